The number of quaternary nitrogens is 1. The number of rotatable bonds is 4. The molecule has 0 spiro atoms. The van der Waals surface area contributed by atoms with Crippen molar-refractivity contribution in [2.75, 3.05) is 27.2 Å². The number of carbonyl (C=O) groups is 1. The topological polar surface area (TPSA) is 76.6 Å². The molecule has 3 heterocycles. The second-order valence-electron chi connectivity index (χ2n) is 6.20. The van der Waals surface area contributed by atoms with Crippen molar-refractivity contribution in [1.29, 1.82) is 0 Å². The van der Waals surface area contributed by atoms with Crippen LogP contribution < -0.4 is 10.2 Å². The first-order chi connectivity index (χ1) is 11.1. The number of aryl methyl sites for hydroxylation is 2. The minimum atomic E-state index is -0.227. The van der Waals surface area contributed by atoms with Gasteiger partial charge in [-0.25, -0.2) is 14.5 Å². The van der Waals surface area contributed by atoms with E-state index < -0.39 is 0 Å². The molecule has 7 nitrogen and oxygen atoms in total. The third kappa shape index (κ3) is 2.47. The molecule has 1 aliphatic carbocycles. The van der Waals surface area contributed by atoms with Gasteiger partial charge in [-0.05, 0) is 24.8 Å². The standard InChI is InChI=1S/C15H18N6OS/c1-20(2)7-6-16-14(22)12-18-13-11-9-4-3-5-10(9)23-15(11)17-8-21(13)19-12/h8H,3-7H2,1-2H3,(H,16,22)/p+1. The highest BCUT2D eigenvalue weighted by Crippen LogP contribution is 2.37. The van der Waals surface area contributed by atoms with Gasteiger partial charge in [-0.1, -0.05) is 0 Å². The lowest BCUT2D eigenvalue weighted by atomic mass is 10.2. The molecule has 0 saturated heterocycles. The normalized spacial score (nSPS) is 14.0. The summed E-state index contributed by atoms with van der Waals surface area (Å²) < 4.78 is 1.62. The number of hydrogen-bond donors (Lipinski definition) is 2. The van der Waals surface area contributed by atoms with Crippen LogP contribution in [0.25, 0.3) is 15.9 Å². The van der Waals surface area contributed by atoms with Gasteiger partial charge >= 0.3 is 0 Å². The summed E-state index contributed by atoms with van der Waals surface area (Å²) >= 11 is 1.74. The van der Waals surface area contributed by atoms with Crippen molar-refractivity contribution in [1.82, 2.24) is 24.9 Å². The molecule has 3 aromatic rings. The molecular formula is C15H19N6OS+. The predicted octanol–water partition coefficient (Wildman–Crippen LogP) is -0.298. The molecule has 0 fully saturated rings. The molecule has 0 atom stereocenters. The number of nitrogens with one attached hydrogen (secondary N) is 2. The summed E-state index contributed by atoms with van der Waals surface area (Å²) in [5.74, 6) is -0.0130. The van der Waals surface area contributed by atoms with E-state index in [0.29, 0.717) is 6.54 Å². The Morgan fingerprint density at radius 3 is 3.13 bits per heavy atom. The Bertz CT molecular complexity index is 896. The minimum absolute atomic E-state index is 0.214. The summed E-state index contributed by atoms with van der Waals surface area (Å²) in [5, 5.41) is 8.24. The molecule has 1 amide bonds. The third-order valence-electron chi connectivity index (χ3n) is 4.16. The Kier molecular flexibility index (Phi) is 3.50. The Morgan fingerprint density at radius 1 is 1.43 bits per heavy atom. The molecule has 0 aromatic carbocycles. The van der Waals surface area contributed by atoms with Crippen LogP contribution in [0.5, 0.6) is 0 Å². The summed E-state index contributed by atoms with van der Waals surface area (Å²) in [7, 11) is 4.10. The summed E-state index contributed by atoms with van der Waals surface area (Å²) in [4.78, 5) is 24.9. The van der Waals surface area contributed by atoms with Gasteiger partial charge in [0, 0.05) is 4.88 Å². The first-order valence-electron chi connectivity index (χ1n) is 7.86. The maximum atomic E-state index is 12.2. The van der Waals surface area contributed by atoms with E-state index in [0.717, 1.165) is 35.3 Å². The van der Waals surface area contributed by atoms with Crippen LogP contribution in [0.3, 0.4) is 0 Å². The maximum Gasteiger partial charge on any atom is 0.291 e. The molecule has 2 N–H and O–H groups in total. The van der Waals surface area contributed by atoms with Gasteiger partial charge < -0.3 is 10.2 Å². The molecule has 3 aromatic heterocycles. The fraction of sp³-hybridized carbons (Fsp3) is 0.467. The van der Waals surface area contributed by atoms with Crippen LogP contribution in [0.15, 0.2) is 6.33 Å². The molecule has 120 valence electrons. The van der Waals surface area contributed by atoms with Crippen LogP contribution in [0.4, 0.5) is 0 Å². The van der Waals surface area contributed by atoms with Crippen molar-refractivity contribution >= 4 is 33.1 Å². The number of amides is 1. The molecule has 0 aliphatic heterocycles. The van der Waals surface area contributed by atoms with Gasteiger partial charge in [0.1, 0.15) is 11.2 Å². The van der Waals surface area contributed by atoms with Gasteiger partial charge in [0.25, 0.3) is 5.91 Å². The van der Waals surface area contributed by atoms with E-state index in [4.69, 9.17) is 0 Å². The Balaban J connectivity index is 1.70. The molecular weight excluding hydrogens is 312 g/mol. The van der Waals surface area contributed by atoms with Crippen LogP contribution in [0, 0.1) is 0 Å². The molecule has 0 radical (unpaired) electrons. The summed E-state index contributed by atoms with van der Waals surface area (Å²) in [5.41, 5.74) is 2.09. The zero-order chi connectivity index (χ0) is 16.0. The minimum Gasteiger partial charge on any atom is -0.344 e. The van der Waals surface area contributed by atoms with Gasteiger partial charge in [0.15, 0.2) is 5.65 Å². The van der Waals surface area contributed by atoms with Crippen LogP contribution >= 0.6 is 11.3 Å². The van der Waals surface area contributed by atoms with E-state index in [1.807, 2.05) is 0 Å². The monoisotopic (exact) mass is 331 g/mol. The zero-order valence-corrected chi connectivity index (χ0v) is 14.0. The molecule has 0 saturated carbocycles. The van der Waals surface area contributed by atoms with Crippen LogP contribution in [-0.2, 0) is 12.8 Å². The van der Waals surface area contributed by atoms with Crippen molar-refractivity contribution in [2.24, 2.45) is 0 Å². The van der Waals surface area contributed by atoms with Gasteiger partial charge in [0.2, 0.25) is 5.82 Å². The van der Waals surface area contributed by atoms with Gasteiger partial charge in [0.05, 0.1) is 32.6 Å². The zero-order valence-electron chi connectivity index (χ0n) is 13.2. The Labute approximate surface area is 137 Å². The number of thiophene rings is 1. The molecule has 8 heteroatoms. The number of carbonyl (C=O) groups excluding carboxylic acids is 1. The summed E-state index contributed by atoms with van der Waals surface area (Å²) in [6, 6.07) is 0. The van der Waals surface area contributed by atoms with Crippen molar-refractivity contribution in [3.05, 3.63) is 22.6 Å². The van der Waals surface area contributed by atoms with Gasteiger partial charge in [-0.2, -0.15) is 0 Å². The van der Waals surface area contributed by atoms with Crippen LogP contribution in [0.2, 0.25) is 0 Å². The lowest BCUT2D eigenvalue weighted by Gasteiger charge is -2.06. The average Bonchev–Trinajstić information content (AvgIpc) is 3.18. The van der Waals surface area contributed by atoms with E-state index in [9.17, 15) is 4.79 Å². The van der Waals surface area contributed by atoms with E-state index >= 15 is 0 Å². The van der Waals surface area contributed by atoms with E-state index in [2.05, 4.69) is 34.5 Å². The maximum absolute atomic E-state index is 12.2. The second kappa shape index (κ2) is 5.54. The molecule has 4 rings (SSSR count). The second-order valence-corrected chi connectivity index (χ2v) is 7.28. The number of fused-ring (bicyclic) bond motifs is 5. The summed E-state index contributed by atoms with van der Waals surface area (Å²) in [6.45, 7) is 1.47. The average molecular weight is 331 g/mol. The lowest BCUT2D eigenvalue weighted by molar-refractivity contribution is -0.856. The third-order valence-corrected chi connectivity index (χ3v) is 5.36. The van der Waals surface area contributed by atoms with Crippen molar-refractivity contribution < 1.29 is 9.69 Å². The highest BCUT2D eigenvalue weighted by molar-refractivity contribution is 7.19. The quantitative estimate of drug-likeness (QED) is 0.688. The molecule has 0 unspecified atom stereocenters. The lowest BCUT2D eigenvalue weighted by Crippen LogP contribution is -3.06. The first kappa shape index (κ1) is 14.5. The van der Waals surface area contributed by atoms with E-state index in [-0.39, 0.29) is 11.7 Å². The summed E-state index contributed by atoms with van der Waals surface area (Å²) in [6.07, 6.45) is 5.02. The highest BCUT2D eigenvalue weighted by Gasteiger charge is 2.23. The highest BCUT2D eigenvalue weighted by atomic mass is 32.1. The number of aromatic nitrogens is 4. The molecule has 0 bridgehead atoms. The largest absolute Gasteiger partial charge is 0.344 e. The van der Waals surface area contributed by atoms with Crippen LogP contribution in [-0.4, -0.2) is 52.7 Å². The smallest absolute Gasteiger partial charge is 0.291 e. The Hall–Kier alpha value is -2.06. The number of nitrogens with zero attached hydrogens (tertiary/aromatic N) is 4. The van der Waals surface area contributed by atoms with Gasteiger partial charge in [-0.15, -0.1) is 16.4 Å². The molecule has 1 aliphatic rings. The SMILES string of the molecule is C[NH+](C)CCNC(=O)c1nc2c3c4c(sc3ncn2n1)CCC4. The number of hydrogen-bond acceptors (Lipinski definition) is 5. The van der Waals surface area contributed by atoms with Crippen molar-refractivity contribution in [2.45, 2.75) is 19.3 Å². The fourth-order valence-corrected chi connectivity index (χ4v) is 4.22. The van der Waals surface area contributed by atoms with Crippen molar-refractivity contribution in [3.8, 4) is 0 Å². The van der Waals surface area contributed by atoms with E-state index in [1.54, 1.807) is 22.2 Å². The van der Waals surface area contributed by atoms with Gasteiger partial charge in [-0.3, -0.25) is 4.79 Å². The molecule has 23 heavy (non-hydrogen) atoms. The fourth-order valence-electron chi connectivity index (χ4n) is 2.99. The Morgan fingerprint density at radius 2 is 2.30 bits per heavy atom. The predicted molar refractivity (Wildman–Crippen MR) is 88.2 cm³/mol. The van der Waals surface area contributed by atoms with Crippen LogP contribution in [0.1, 0.15) is 27.5 Å². The first-order valence-corrected chi connectivity index (χ1v) is 8.68. The number of likely N-dealkylation sites (N-methyl/N-ethyl adjacent to an activating group) is 1. The van der Waals surface area contributed by atoms with E-state index in [1.165, 1.54) is 21.8 Å². The van der Waals surface area contributed by atoms with Crippen molar-refractivity contribution in [3.63, 3.8) is 0 Å².